The van der Waals surface area contributed by atoms with Crippen LogP contribution < -0.4 is 5.32 Å². The highest BCUT2D eigenvalue weighted by molar-refractivity contribution is 7.15. The molecule has 2 nitrogen and oxygen atoms in total. The lowest BCUT2D eigenvalue weighted by Gasteiger charge is -2.03. The van der Waals surface area contributed by atoms with Crippen molar-refractivity contribution in [1.82, 2.24) is 10.3 Å². The van der Waals surface area contributed by atoms with E-state index in [-0.39, 0.29) is 11.5 Å². The van der Waals surface area contributed by atoms with Crippen LogP contribution in [0.2, 0.25) is 0 Å². The van der Waals surface area contributed by atoms with Crippen molar-refractivity contribution in [2.45, 2.75) is 26.3 Å². The van der Waals surface area contributed by atoms with Gasteiger partial charge in [0, 0.05) is 17.0 Å². The fraction of sp³-hybridized carbons (Fsp3) is 0.357. The Bertz CT molecular complexity index is 600. The molecule has 0 unspecified atom stereocenters. The number of nitrogens with zero attached hydrogens (tertiary/aromatic N) is 1. The third-order valence-corrected chi connectivity index (χ3v) is 3.96. The number of nitrogens with one attached hydrogen (secondary N) is 1. The van der Waals surface area contributed by atoms with Crippen LogP contribution in [0.1, 0.15) is 30.3 Å². The predicted molar refractivity (Wildman–Crippen MR) is 74.3 cm³/mol. The molecule has 1 aromatic carbocycles. The van der Waals surface area contributed by atoms with Crippen molar-refractivity contribution in [3.05, 3.63) is 40.2 Å². The van der Waals surface area contributed by atoms with E-state index in [0.29, 0.717) is 11.6 Å². The Morgan fingerprint density at radius 2 is 1.80 bits per heavy atom. The van der Waals surface area contributed by atoms with Crippen LogP contribution in [0, 0.1) is 17.5 Å². The van der Waals surface area contributed by atoms with Crippen molar-refractivity contribution in [1.29, 1.82) is 0 Å². The summed E-state index contributed by atoms with van der Waals surface area (Å²) >= 11 is 1.36. The van der Waals surface area contributed by atoms with Gasteiger partial charge in [-0.25, -0.2) is 18.2 Å². The third kappa shape index (κ3) is 2.86. The number of thiazole rings is 1. The van der Waals surface area contributed by atoms with E-state index in [2.05, 4.69) is 10.3 Å². The Morgan fingerprint density at radius 3 is 2.30 bits per heavy atom. The number of rotatable bonds is 4. The zero-order chi connectivity index (χ0) is 14.9. The van der Waals surface area contributed by atoms with Crippen LogP contribution in [0.4, 0.5) is 13.2 Å². The summed E-state index contributed by atoms with van der Waals surface area (Å²) in [5.74, 6) is -3.64. The monoisotopic (exact) mass is 300 g/mol. The fourth-order valence-corrected chi connectivity index (χ4v) is 3.12. The Hall–Kier alpha value is -1.40. The molecule has 20 heavy (non-hydrogen) atoms. The van der Waals surface area contributed by atoms with Crippen molar-refractivity contribution in [3.8, 4) is 10.6 Å². The van der Waals surface area contributed by atoms with Crippen molar-refractivity contribution in [2.24, 2.45) is 0 Å². The second-order valence-corrected chi connectivity index (χ2v) is 5.85. The van der Waals surface area contributed by atoms with Gasteiger partial charge in [-0.05, 0) is 25.1 Å². The van der Waals surface area contributed by atoms with E-state index in [1.165, 1.54) is 11.3 Å². The second kappa shape index (κ2) is 5.93. The summed E-state index contributed by atoms with van der Waals surface area (Å²) in [6, 6.07) is 1.95. The minimum atomic E-state index is -1.45. The largest absolute Gasteiger partial charge is 0.315 e. The van der Waals surface area contributed by atoms with Crippen LogP contribution in [0.25, 0.3) is 10.6 Å². The van der Waals surface area contributed by atoms with Crippen LogP contribution in [-0.4, -0.2) is 12.0 Å². The Kier molecular flexibility index (Phi) is 4.45. The summed E-state index contributed by atoms with van der Waals surface area (Å²) < 4.78 is 39.6. The number of halogens is 3. The summed E-state index contributed by atoms with van der Waals surface area (Å²) in [5, 5.41) is 3.54. The maximum absolute atomic E-state index is 13.3. The first-order chi connectivity index (χ1) is 9.43. The molecule has 0 saturated heterocycles. The van der Waals surface area contributed by atoms with Crippen molar-refractivity contribution in [2.75, 3.05) is 7.05 Å². The van der Waals surface area contributed by atoms with Gasteiger partial charge in [-0.2, -0.15) is 0 Å². The predicted octanol–water partition coefficient (Wildman–Crippen LogP) is 4.07. The van der Waals surface area contributed by atoms with E-state index >= 15 is 0 Å². The smallest absolute Gasteiger partial charge is 0.194 e. The molecule has 0 fully saturated rings. The highest BCUT2D eigenvalue weighted by Crippen LogP contribution is 2.33. The molecule has 2 rings (SSSR count). The quantitative estimate of drug-likeness (QED) is 0.861. The molecule has 0 spiro atoms. The van der Waals surface area contributed by atoms with Gasteiger partial charge in [0.25, 0.3) is 0 Å². The molecule has 2 aromatic rings. The van der Waals surface area contributed by atoms with Crippen LogP contribution in [-0.2, 0) is 6.54 Å². The molecular weight excluding hydrogens is 285 g/mol. The van der Waals surface area contributed by atoms with E-state index < -0.39 is 17.5 Å². The molecule has 0 radical (unpaired) electrons. The van der Waals surface area contributed by atoms with Crippen LogP contribution in [0.3, 0.4) is 0 Å². The first-order valence-corrected chi connectivity index (χ1v) is 7.04. The van der Waals surface area contributed by atoms with E-state index in [1.54, 1.807) is 0 Å². The van der Waals surface area contributed by atoms with Crippen molar-refractivity contribution >= 4 is 11.3 Å². The molecule has 0 amide bonds. The maximum Gasteiger partial charge on any atom is 0.194 e. The normalized spacial score (nSPS) is 11.3. The zero-order valence-electron chi connectivity index (χ0n) is 11.4. The van der Waals surface area contributed by atoms with Gasteiger partial charge in [-0.1, -0.05) is 13.8 Å². The maximum atomic E-state index is 13.3. The fourth-order valence-electron chi connectivity index (χ4n) is 1.90. The summed E-state index contributed by atoms with van der Waals surface area (Å²) in [6.45, 7) is 4.64. The topological polar surface area (TPSA) is 24.9 Å². The summed E-state index contributed by atoms with van der Waals surface area (Å²) in [6.07, 6.45) is 0. The molecule has 0 aliphatic carbocycles. The lowest BCUT2D eigenvalue weighted by Crippen LogP contribution is -2.06. The molecule has 108 valence electrons. The first kappa shape index (κ1) is 15.0. The Balaban J connectivity index is 2.50. The van der Waals surface area contributed by atoms with Crippen molar-refractivity contribution < 1.29 is 13.2 Å². The summed E-state index contributed by atoms with van der Waals surface area (Å²) in [5.41, 5.74) is 1.15. The van der Waals surface area contributed by atoms with Crippen LogP contribution in [0.5, 0.6) is 0 Å². The molecule has 0 aliphatic rings. The molecule has 1 aromatic heterocycles. The van der Waals surface area contributed by atoms with Gasteiger partial charge in [-0.3, -0.25) is 0 Å². The van der Waals surface area contributed by atoms with Gasteiger partial charge >= 0.3 is 0 Å². The third-order valence-electron chi connectivity index (χ3n) is 2.84. The lowest BCUT2D eigenvalue weighted by molar-refractivity contribution is 0.447. The average molecular weight is 300 g/mol. The standard InChI is InChI=1S/C14H15F3N2S/c1-7(2)13-11(6-18-3)20-14(19-13)8-4-9(15)12(17)10(16)5-8/h4-5,7,18H,6H2,1-3H3. The summed E-state index contributed by atoms with van der Waals surface area (Å²) in [4.78, 5) is 5.45. The number of benzene rings is 1. The van der Waals surface area contributed by atoms with Crippen LogP contribution >= 0.6 is 11.3 Å². The zero-order valence-corrected chi connectivity index (χ0v) is 12.2. The molecule has 0 bridgehead atoms. The van der Waals surface area contributed by atoms with E-state index in [9.17, 15) is 13.2 Å². The van der Waals surface area contributed by atoms with Gasteiger partial charge in [0.15, 0.2) is 17.5 Å². The van der Waals surface area contributed by atoms with Gasteiger partial charge in [0.1, 0.15) is 5.01 Å². The van der Waals surface area contributed by atoms with Crippen LogP contribution in [0.15, 0.2) is 12.1 Å². The molecule has 0 saturated carbocycles. The molecule has 6 heteroatoms. The van der Waals surface area contributed by atoms with E-state index in [1.807, 2.05) is 20.9 Å². The Morgan fingerprint density at radius 1 is 1.20 bits per heavy atom. The van der Waals surface area contributed by atoms with E-state index in [4.69, 9.17) is 0 Å². The van der Waals surface area contributed by atoms with Gasteiger partial charge in [0.05, 0.1) is 5.69 Å². The molecule has 1 N–H and O–H groups in total. The second-order valence-electron chi connectivity index (χ2n) is 4.77. The SMILES string of the molecule is CNCc1sc(-c2cc(F)c(F)c(F)c2)nc1C(C)C. The Labute approximate surface area is 119 Å². The minimum absolute atomic E-state index is 0.207. The average Bonchev–Trinajstić information content (AvgIpc) is 2.80. The molecular formula is C14H15F3N2S. The highest BCUT2D eigenvalue weighted by Gasteiger charge is 2.18. The summed E-state index contributed by atoms with van der Waals surface area (Å²) in [7, 11) is 1.82. The number of hydrogen-bond acceptors (Lipinski definition) is 3. The van der Waals surface area contributed by atoms with Gasteiger partial charge < -0.3 is 5.32 Å². The number of hydrogen-bond donors (Lipinski definition) is 1. The van der Waals surface area contributed by atoms with Gasteiger partial charge in [-0.15, -0.1) is 11.3 Å². The lowest BCUT2D eigenvalue weighted by atomic mass is 10.1. The number of aromatic nitrogens is 1. The first-order valence-electron chi connectivity index (χ1n) is 6.23. The molecule has 0 aliphatic heterocycles. The molecule has 0 atom stereocenters. The van der Waals surface area contributed by atoms with Crippen molar-refractivity contribution in [3.63, 3.8) is 0 Å². The van der Waals surface area contributed by atoms with Gasteiger partial charge in [0.2, 0.25) is 0 Å². The molecule has 1 heterocycles. The minimum Gasteiger partial charge on any atom is -0.315 e. The van der Waals surface area contributed by atoms with E-state index in [0.717, 1.165) is 22.7 Å². The highest BCUT2D eigenvalue weighted by atomic mass is 32.1.